The molecule has 0 aromatic rings. The van der Waals surface area contributed by atoms with E-state index in [0.717, 1.165) is 0 Å². The Morgan fingerprint density at radius 2 is 1.88 bits per heavy atom. The van der Waals surface area contributed by atoms with Crippen LogP contribution in [0, 0.1) is 4.91 Å². The molecule has 0 rings (SSSR count). The van der Waals surface area contributed by atoms with E-state index in [1.165, 1.54) is 0 Å². The first-order chi connectivity index (χ1) is 3.06. The van der Waals surface area contributed by atoms with Crippen LogP contribution in [-0.2, 0) is 34.1 Å². The van der Waals surface area contributed by atoms with Crippen molar-refractivity contribution < 1.29 is 32.2 Å². The molecule has 50 valence electrons. The van der Waals surface area contributed by atoms with Crippen molar-refractivity contribution in [3.8, 4) is 0 Å². The van der Waals surface area contributed by atoms with Gasteiger partial charge < -0.3 is 0 Å². The molecule has 0 aliphatic rings. The van der Waals surface area contributed by atoms with E-state index in [1.807, 2.05) is 0 Å². The predicted molar refractivity (Wildman–Crippen MR) is 20.0 cm³/mol. The zero-order valence-electron chi connectivity index (χ0n) is 3.42. The van der Waals surface area contributed by atoms with Gasteiger partial charge in [-0.1, -0.05) is 0 Å². The molecule has 0 aliphatic carbocycles. The van der Waals surface area contributed by atoms with Crippen molar-refractivity contribution in [1.29, 1.82) is 0 Å². The van der Waals surface area contributed by atoms with Crippen LogP contribution in [0.15, 0.2) is 5.34 Å². The van der Waals surface area contributed by atoms with Crippen LogP contribution in [0.25, 0.3) is 0 Å². The summed E-state index contributed by atoms with van der Waals surface area (Å²) >= 11 is 0. The van der Waals surface area contributed by atoms with Crippen LogP contribution in [0.2, 0.25) is 0 Å². The van der Waals surface area contributed by atoms with E-state index >= 15 is 0 Å². The number of hydrogen-bond donors (Lipinski definition) is 1. The van der Waals surface area contributed by atoms with E-state index < -0.39 is 10.3 Å². The van der Waals surface area contributed by atoms with Crippen molar-refractivity contribution in [2.24, 2.45) is 10.5 Å². The van der Waals surface area contributed by atoms with Crippen LogP contribution in [0.1, 0.15) is 0 Å². The fourth-order valence-corrected chi connectivity index (χ4v) is 0.127. The summed E-state index contributed by atoms with van der Waals surface area (Å²) in [5.74, 6) is 0. The quantitative estimate of drug-likeness (QED) is 0.367. The number of nitrogens with zero attached hydrogens (tertiary/aromatic N) is 1. The number of nitrogens with two attached hydrogens (primary N) is 1. The molecular formula is H2N2O4RuS. The van der Waals surface area contributed by atoms with Gasteiger partial charge in [0.1, 0.15) is 0 Å². The Morgan fingerprint density at radius 3 is 1.88 bits per heavy atom. The number of hydrogen-bond acceptors (Lipinski definition) is 5. The topological polar surface area (TPSA) is 98.8 Å². The van der Waals surface area contributed by atoms with E-state index in [-0.39, 0.29) is 19.5 Å². The van der Waals surface area contributed by atoms with Crippen LogP contribution < -0.4 is 5.14 Å². The fourth-order valence-electron chi connectivity index (χ4n) is 0.0424. The van der Waals surface area contributed by atoms with Gasteiger partial charge in [0.25, 0.3) is 0 Å². The zero-order chi connectivity index (χ0) is 5.91. The van der Waals surface area contributed by atoms with Gasteiger partial charge in [-0.3, -0.25) is 0 Å². The predicted octanol–water partition coefficient (Wildman–Crippen LogP) is -1.11. The molecule has 0 atom stereocenters. The summed E-state index contributed by atoms with van der Waals surface area (Å²) in [6.45, 7) is 0. The summed E-state index contributed by atoms with van der Waals surface area (Å²) in [6, 6.07) is 0. The third-order valence-electron chi connectivity index (χ3n) is 0.134. The second-order valence-corrected chi connectivity index (χ2v) is 1.78. The van der Waals surface area contributed by atoms with Gasteiger partial charge in [-0.25, -0.2) is 4.28 Å². The molecule has 0 amide bonds. The summed E-state index contributed by atoms with van der Waals surface area (Å²) in [6.07, 6.45) is 0. The van der Waals surface area contributed by atoms with Crippen molar-refractivity contribution in [2.75, 3.05) is 0 Å². The van der Waals surface area contributed by atoms with E-state index in [9.17, 15) is 8.42 Å². The van der Waals surface area contributed by atoms with Crippen molar-refractivity contribution in [2.45, 2.75) is 0 Å². The monoisotopic (exact) mass is 228 g/mol. The SMILES string of the molecule is NS(=O)(=O)ON=O.[Ru]. The molecule has 0 saturated heterocycles. The summed E-state index contributed by atoms with van der Waals surface area (Å²) in [5, 5.41) is 5.65. The molecular weight excluding hydrogens is 225 g/mol. The van der Waals surface area contributed by atoms with Gasteiger partial charge in [0.2, 0.25) is 0 Å². The van der Waals surface area contributed by atoms with Gasteiger partial charge >= 0.3 is 10.3 Å². The molecule has 8 heavy (non-hydrogen) atoms. The van der Waals surface area contributed by atoms with Gasteiger partial charge in [0.15, 0.2) is 5.34 Å². The second kappa shape index (κ2) is 3.88. The van der Waals surface area contributed by atoms with E-state index in [2.05, 4.69) is 9.42 Å². The Kier molecular flexibility index (Phi) is 5.25. The molecule has 0 aromatic carbocycles. The summed E-state index contributed by atoms with van der Waals surface area (Å²) < 4.78 is 22.0. The molecule has 0 saturated carbocycles. The molecule has 0 fully saturated rings. The molecule has 0 heterocycles. The van der Waals surface area contributed by atoms with E-state index in [0.29, 0.717) is 0 Å². The first-order valence-electron chi connectivity index (χ1n) is 1.10. The van der Waals surface area contributed by atoms with Gasteiger partial charge in [0, 0.05) is 19.5 Å². The van der Waals surface area contributed by atoms with Crippen LogP contribution in [0.3, 0.4) is 0 Å². The Bertz CT molecular complexity index is 147. The Hall–Kier alpha value is -0.0666. The fraction of sp³-hybridized carbons (Fsp3) is 0. The van der Waals surface area contributed by atoms with Gasteiger partial charge in [-0.05, 0) is 0 Å². The molecule has 0 radical (unpaired) electrons. The van der Waals surface area contributed by atoms with Gasteiger partial charge in [-0.2, -0.15) is 13.6 Å². The Labute approximate surface area is 58.3 Å². The molecule has 6 nitrogen and oxygen atoms in total. The Morgan fingerprint density at radius 1 is 1.50 bits per heavy atom. The third-order valence-corrected chi connectivity index (χ3v) is 0.403. The molecule has 0 bridgehead atoms. The first kappa shape index (κ1) is 10.8. The average Bonchev–Trinajstić information content (AvgIpc) is 1.30. The molecule has 0 unspecified atom stereocenters. The maximum absolute atomic E-state index is 9.49. The molecule has 0 aromatic heterocycles. The normalized spacial score (nSPS) is 9.12. The zero-order valence-corrected chi connectivity index (χ0v) is 5.97. The van der Waals surface area contributed by atoms with Crippen molar-refractivity contribution >= 4 is 10.3 Å². The molecule has 0 spiro atoms. The van der Waals surface area contributed by atoms with Crippen LogP contribution in [0.5, 0.6) is 0 Å². The van der Waals surface area contributed by atoms with Crippen LogP contribution in [-0.4, -0.2) is 8.42 Å². The maximum Gasteiger partial charge on any atom is 0.401 e. The summed E-state index contributed by atoms with van der Waals surface area (Å²) in [4.78, 5) is 8.89. The first-order valence-corrected chi connectivity index (χ1v) is 2.57. The molecule has 0 aliphatic heterocycles. The standard InChI is InChI=1S/H2N2O4S.Ru/c1-7(4,5)6-2-3;/h(H2,1,4,5);. The van der Waals surface area contributed by atoms with Gasteiger partial charge in [0.05, 0.1) is 0 Å². The summed E-state index contributed by atoms with van der Waals surface area (Å²) in [7, 11) is -4.15. The minimum absolute atomic E-state index is 0. The second-order valence-electron chi connectivity index (χ2n) is 0.642. The largest absolute Gasteiger partial charge is 0.401 e. The van der Waals surface area contributed by atoms with Crippen molar-refractivity contribution in [3.63, 3.8) is 0 Å². The smallest absolute Gasteiger partial charge is 0.219 e. The maximum atomic E-state index is 9.49. The van der Waals surface area contributed by atoms with E-state index in [4.69, 9.17) is 4.91 Å². The minimum Gasteiger partial charge on any atom is -0.219 e. The van der Waals surface area contributed by atoms with Crippen LogP contribution >= 0.6 is 0 Å². The van der Waals surface area contributed by atoms with Crippen molar-refractivity contribution in [3.05, 3.63) is 4.91 Å². The summed E-state index contributed by atoms with van der Waals surface area (Å²) in [5.41, 5.74) is 0. The van der Waals surface area contributed by atoms with Gasteiger partial charge in [-0.15, -0.1) is 4.91 Å². The van der Waals surface area contributed by atoms with E-state index in [1.54, 1.807) is 5.34 Å². The minimum atomic E-state index is -4.15. The molecule has 2 N–H and O–H groups in total. The number of rotatable bonds is 2. The molecule has 8 heteroatoms. The average molecular weight is 227 g/mol. The Balaban J connectivity index is 0. The van der Waals surface area contributed by atoms with Crippen LogP contribution in [0.4, 0.5) is 0 Å². The van der Waals surface area contributed by atoms with Crippen molar-refractivity contribution in [1.82, 2.24) is 0 Å². The third kappa shape index (κ3) is 9.33.